The Morgan fingerprint density at radius 3 is 2.81 bits per heavy atom. The maximum absolute atomic E-state index is 12.2. The van der Waals surface area contributed by atoms with Gasteiger partial charge < -0.3 is 9.84 Å². The summed E-state index contributed by atoms with van der Waals surface area (Å²) in [6.07, 6.45) is 0.561. The van der Waals surface area contributed by atoms with E-state index in [-0.39, 0.29) is 30.3 Å². The first-order chi connectivity index (χ1) is 9.97. The zero-order chi connectivity index (χ0) is 15.1. The van der Waals surface area contributed by atoms with Gasteiger partial charge in [-0.3, -0.25) is 14.5 Å². The summed E-state index contributed by atoms with van der Waals surface area (Å²) in [6, 6.07) is 5.29. The highest BCUT2D eigenvalue weighted by molar-refractivity contribution is 6.09. The lowest BCUT2D eigenvalue weighted by Crippen LogP contribution is -2.39. The number of likely N-dealkylation sites (N-methyl/N-ethyl adjacent to an activating group) is 1. The van der Waals surface area contributed by atoms with Gasteiger partial charge in [0, 0.05) is 18.5 Å². The highest BCUT2D eigenvalue weighted by atomic mass is 16.5. The van der Waals surface area contributed by atoms with Gasteiger partial charge in [-0.2, -0.15) is 0 Å². The lowest BCUT2D eigenvalue weighted by atomic mass is 9.89. The smallest absolute Gasteiger partial charge is 0.260 e. The number of amides is 2. The number of rotatable bonds is 2. The maximum atomic E-state index is 12.2. The highest BCUT2D eigenvalue weighted by Gasteiger charge is 2.32. The van der Waals surface area contributed by atoms with Gasteiger partial charge >= 0.3 is 0 Å². The van der Waals surface area contributed by atoms with Crippen LogP contribution >= 0.6 is 0 Å². The number of carbonyl (C=O) groups excluding carboxylic acids is 2. The van der Waals surface area contributed by atoms with Gasteiger partial charge in [0.25, 0.3) is 5.91 Å². The van der Waals surface area contributed by atoms with Gasteiger partial charge in [0.05, 0.1) is 25.2 Å². The average Bonchev–Trinajstić information content (AvgIpc) is 2.90. The molecule has 5 nitrogen and oxygen atoms in total. The lowest BCUT2D eigenvalue weighted by Gasteiger charge is -2.25. The van der Waals surface area contributed by atoms with Crippen LogP contribution in [0.1, 0.15) is 40.9 Å². The van der Waals surface area contributed by atoms with E-state index in [0.717, 1.165) is 16.9 Å². The zero-order valence-corrected chi connectivity index (χ0v) is 12.2. The minimum Gasteiger partial charge on any atom is -0.388 e. The molecule has 2 amide bonds. The van der Waals surface area contributed by atoms with Crippen molar-refractivity contribution in [2.45, 2.75) is 32.0 Å². The summed E-state index contributed by atoms with van der Waals surface area (Å²) >= 11 is 0. The molecule has 3 atom stereocenters. The van der Waals surface area contributed by atoms with Crippen molar-refractivity contribution < 1.29 is 19.4 Å². The summed E-state index contributed by atoms with van der Waals surface area (Å²) in [5.74, 6) is -0.443. The fourth-order valence-electron chi connectivity index (χ4n) is 3.05. The number of imide groups is 1. The summed E-state index contributed by atoms with van der Waals surface area (Å²) in [4.78, 5) is 25.0. The molecule has 2 aliphatic rings. The predicted molar refractivity (Wildman–Crippen MR) is 75.7 cm³/mol. The second-order valence-corrected chi connectivity index (χ2v) is 5.94. The Morgan fingerprint density at radius 1 is 1.38 bits per heavy atom. The Morgan fingerprint density at radius 2 is 2.14 bits per heavy atom. The third-order valence-electron chi connectivity index (χ3n) is 4.40. The highest BCUT2D eigenvalue weighted by Crippen LogP contribution is 2.33. The molecule has 3 rings (SSSR count). The molecule has 0 aromatic heterocycles. The van der Waals surface area contributed by atoms with Crippen LogP contribution in [0.15, 0.2) is 18.2 Å². The molecule has 2 heterocycles. The van der Waals surface area contributed by atoms with Crippen molar-refractivity contribution in [3.8, 4) is 0 Å². The Labute approximate surface area is 123 Å². The van der Waals surface area contributed by atoms with E-state index in [1.54, 1.807) is 18.2 Å². The van der Waals surface area contributed by atoms with Crippen LogP contribution in [-0.2, 0) is 16.0 Å². The van der Waals surface area contributed by atoms with Crippen molar-refractivity contribution in [3.63, 3.8) is 0 Å². The molecular formula is C16H19NO4. The SMILES string of the molecule is CC1CC(C(O)c2ccc3c(c2)C(=O)N(C)C(=O)C3)CO1. The van der Waals surface area contributed by atoms with Gasteiger partial charge in [-0.25, -0.2) is 0 Å². The third-order valence-corrected chi connectivity index (χ3v) is 4.40. The summed E-state index contributed by atoms with van der Waals surface area (Å²) in [6.45, 7) is 2.52. The lowest BCUT2D eigenvalue weighted by molar-refractivity contribution is -0.127. The van der Waals surface area contributed by atoms with Crippen LogP contribution in [0.2, 0.25) is 0 Å². The topological polar surface area (TPSA) is 66.8 Å². The molecule has 1 saturated heterocycles. The Bertz CT molecular complexity index is 598. The number of aliphatic hydroxyl groups is 1. The standard InChI is InChI=1S/C16H19NO4/c1-9-5-12(8-21-9)15(19)11-4-3-10-7-14(18)17(2)16(20)13(10)6-11/h3-4,6,9,12,15,19H,5,7-8H2,1-2H3. The summed E-state index contributed by atoms with van der Waals surface area (Å²) in [5, 5.41) is 10.5. The van der Waals surface area contributed by atoms with Crippen molar-refractivity contribution in [3.05, 3.63) is 34.9 Å². The first-order valence-electron chi connectivity index (χ1n) is 7.20. The monoisotopic (exact) mass is 289 g/mol. The molecular weight excluding hydrogens is 270 g/mol. The molecule has 0 spiro atoms. The van der Waals surface area contributed by atoms with E-state index in [1.807, 2.05) is 6.92 Å². The fourth-order valence-corrected chi connectivity index (χ4v) is 3.05. The molecule has 5 heteroatoms. The van der Waals surface area contributed by atoms with E-state index in [9.17, 15) is 14.7 Å². The molecule has 0 saturated carbocycles. The predicted octanol–water partition coefficient (Wildman–Crippen LogP) is 1.30. The number of ether oxygens (including phenoxy) is 1. The van der Waals surface area contributed by atoms with Gasteiger partial charge in [0.1, 0.15) is 0 Å². The third kappa shape index (κ3) is 2.47. The molecule has 1 aromatic rings. The van der Waals surface area contributed by atoms with Crippen LogP contribution in [0.5, 0.6) is 0 Å². The number of aliphatic hydroxyl groups excluding tert-OH is 1. The number of hydrogen-bond donors (Lipinski definition) is 1. The number of hydrogen-bond acceptors (Lipinski definition) is 4. The molecule has 0 bridgehead atoms. The summed E-state index contributed by atoms with van der Waals surface area (Å²) < 4.78 is 5.49. The van der Waals surface area contributed by atoms with Gasteiger partial charge in [-0.15, -0.1) is 0 Å². The van der Waals surface area contributed by atoms with Crippen molar-refractivity contribution in [2.24, 2.45) is 5.92 Å². The molecule has 1 aromatic carbocycles. The van der Waals surface area contributed by atoms with E-state index in [1.165, 1.54) is 7.05 Å². The van der Waals surface area contributed by atoms with Crippen LogP contribution in [0.3, 0.4) is 0 Å². The molecule has 2 aliphatic heterocycles. The Kier molecular flexibility index (Phi) is 3.55. The van der Waals surface area contributed by atoms with Crippen LogP contribution in [0.4, 0.5) is 0 Å². The van der Waals surface area contributed by atoms with E-state index >= 15 is 0 Å². The first kappa shape index (κ1) is 14.2. The molecule has 0 radical (unpaired) electrons. The molecule has 3 unspecified atom stereocenters. The maximum Gasteiger partial charge on any atom is 0.260 e. The van der Waals surface area contributed by atoms with Gasteiger partial charge in [0.15, 0.2) is 0 Å². The number of nitrogens with zero attached hydrogens (tertiary/aromatic N) is 1. The van der Waals surface area contributed by atoms with E-state index < -0.39 is 6.10 Å². The van der Waals surface area contributed by atoms with Gasteiger partial charge in [-0.05, 0) is 30.5 Å². The second kappa shape index (κ2) is 5.24. The molecule has 21 heavy (non-hydrogen) atoms. The normalized spacial score (nSPS) is 26.9. The van der Waals surface area contributed by atoms with Crippen LogP contribution in [0.25, 0.3) is 0 Å². The van der Waals surface area contributed by atoms with Gasteiger partial charge in [-0.1, -0.05) is 12.1 Å². The van der Waals surface area contributed by atoms with Crippen LogP contribution in [-0.4, -0.2) is 41.6 Å². The van der Waals surface area contributed by atoms with Crippen molar-refractivity contribution >= 4 is 11.8 Å². The molecule has 112 valence electrons. The zero-order valence-electron chi connectivity index (χ0n) is 12.2. The van der Waals surface area contributed by atoms with Crippen LogP contribution < -0.4 is 0 Å². The summed E-state index contributed by atoms with van der Waals surface area (Å²) in [5.41, 5.74) is 1.96. The fraction of sp³-hybridized carbons (Fsp3) is 0.500. The van der Waals surface area contributed by atoms with Crippen molar-refractivity contribution in [1.82, 2.24) is 4.90 Å². The number of benzene rings is 1. The van der Waals surface area contributed by atoms with E-state index in [2.05, 4.69) is 0 Å². The largest absolute Gasteiger partial charge is 0.388 e. The quantitative estimate of drug-likeness (QED) is 0.833. The minimum absolute atomic E-state index is 0.0519. The molecule has 1 fully saturated rings. The van der Waals surface area contributed by atoms with Crippen molar-refractivity contribution in [1.29, 1.82) is 0 Å². The average molecular weight is 289 g/mol. The molecule has 1 N–H and O–H groups in total. The Balaban J connectivity index is 1.89. The number of carbonyl (C=O) groups is 2. The molecule has 0 aliphatic carbocycles. The summed E-state index contributed by atoms with van der Waals surface area (Å²) in [7, 11) is 1.49. The van der Waals surface area contributed by atoms with Gasteiger partial charge in [0.2, 0.25) is 5.91 Å². The second-order valence-electron chi connectivity index (χ2n) is 5.94. The van der Waals surface area contributed by atoms with E-state index in [0.29, 0.717) is 17.7 Å². The van der Waals surface area contributed by atoms with E-state index in [4.69, 9.17) is 4.74 Å². The van der Waals surface area contributed by atoms with Crippen molar-refractivity contribution in [2.75, 3.05) is 13.7 Å². The first-order valence-corrected chi connectivity index (χ1v) is 7.20. The number of fused-ring (bicyclic) bond motifs is 1. The minimum atomic E-state index is -0.643. The van der Waals surface area contributed by atoms with Crippen LogP contribution in [0, 0.1) is 5.92 Å². The Hall–Kier alpha value is -1.72.